The molecule has 0 aromatic rings. The second-order valence-corrected chi connectivity index (χ2v) is 5.18. The topological polar surface area (TPSA) is 69.6 Å². The average molecular weight is 243 g/mol. The summed E-state index contributed by atoms with van der Waals surface area (Å²) in [7, 11) is 0. The van der Waals surface area contributed by atoms with E-state index < -0.39 is 6.10 Å². The van der Waals surface area contributed by atoms with Crippen molar-refractivity contribution < 1.29 is 15.0 Å². The molecule has 1 amide bonds. The second kappa shape index (κ2) is 7.67. The third kappa shape index (κ3) is 5.50. The maximum Gasteiger partial charge on any atom is 0.220 e. The van der Waals surface area contributed by atoms with E-state index in [-0.39, 0.29) is 12.5 Å². The lowest BCUT2D eigenvalue weighted by molar-refractivity contribution is -0.122. The molecule has 0 spiro atoms. The predicted molar refractivity (Wildman–Crippen MR) is 66.5 cm³/mol. The van der Waals surface area contributed by atoms with Gasteiger partial charge in [-0.1, -0.05) is 12.8 Å². The normalized spacial score (nSPS) is 26.5. The summed E-state index contributed by atoms with van der Waals surface area (Å²) >= 11 is 0. The Bertz CT molecular complexity index is 231. The molecule has 1 fully saturated rings. The van der Waals surface area contributed by atoms with Crippen molar-refractivity contribution in [1.82, 2.24) is 5.32 Å². The van der Waals surface area contributed by atoms with Crippen LogP contribution in [0.1, 0.15) is 45.4 Å². The van der Waals surface area contributed by atoms with E-state index in [9.17, 15) is 9.90 Å². The number of amides is 1. The monoisotopic (exact) mass is 243 g/mol. The molecule has 4 heteroatoms. The lowest BCUT2D eigenvalue weighted by Gasteiger charge is -2.30. The summed E-state index contributed by atoms with van der Waals surface area (Å²) in [6.45, 7) is 2.59. The smallest absolute Gasteiger partial charge is 0.220 e. The summed E-state index contributed by atoms with van der Waals surface area (Å²) in [6.07, 6.45) is 5.05. The van der Waals surface area contributed by atoms with E-state index >= 15 is 0 Å². The molecule has 0 radical (unpaired) electrons. The first kappa shape index (κ1) is 14.5. The lowest BCUT2D eigenvalue weighted by atomic mass is 9.79. The molecule has 4 nitrogen and oxygen atoms in total. The van der Waals surface area contributed by atoms with Gasteiger partial charge in [0.2, 0.25) is 5.91 Å². The Morgan fingerprint density at radius 3 is 2.59 bits per heavy atom. The van der Waals surface area contributed by atoms with Gasteiger partial charge in [0.25, 0.3) is 0 Å². The molecule has 17 heavy (non-hydrogen) atoms. The van der Waals surface area contributed by atoms with Crippen LogP contribution in [0.25, 0.3) is 0 Å². The van der Waals surface area contributed by atoms with Crippen molar-refractivity contribution in [2.24, 2.45) is 11.8 Å². The number of carbonyl (C=O) groups is 1. The molecule has 0 bridgehead atoms. The fraction of sp³-hybridized carbons (Fsp3) is 0.923. The maximum absolute atomic E-state index is 11.5. The van der Waals surface area contributed by atoms with E-state index in [1.54, 1.807) is 6.92 Å². The van der Waals surface area contributed by atoms with Crippen LogP contribution in [-0.4, -0.2) is 35.4 Å². The Morgan fingerprint density at radius 1 is 1.35 bits per heavy atom. The first-order chi connectivity index (χ1) is 8.13. The van der Waals surface area contributed by atoms with E-state index in [0.29, 0.717) is 31.2 Å². The Labute approximate surface area is 103 Å². The lowest BCUT2D eigenvalue weighted by Crippen LogP contribution is -2.35. The van der Waals surface area contributed by atoms with Gasteiger partial charge in [0.05, 0.1) is 6.10 Å². The molecule has 0 saturated heterocycles. The number of carbonyl (C=O) groups excluding carboxylic acids is 1. The van der Waals surface area contributed by atoms with Gasteiger partial charge in [-0.05, 0) is 38.0 Å². The van der Waals surface area contributed by atoms with Gasteiger partial charge in [0, 0.05) is 19.6 Å². The van der Waals surface area contributed by atoms with Gasteiger partial charge in [-0.3, -0.25) is 4.79 Å². The van der Waals surface area contributed by atoms with Crippen LogP contribution >= 0.6 is 0 Å². The molecule has 3 atom stereocenters. The van der Waals surface area contributed by atoms with Crippen molar-refractivity contribution in [3.05, 3.63) is 0 Å². The first-order valence-electron chi connectivity index (χ1n) is 6.69. The van der Waals surface area contributed by atoms with E-state index in [1.165, 1.54) is 12.8 Å². The van der Waals surface area contributed by atoms with Gasteiger partial charge in [-0.25, -0.2) is 0 Å². The molecule has 3 unspecified atom stereocenters. The second-order valence-electron chi connectivity index (χ2n) is 5.18. The number of nitrogens with one attached hydrogen (secondary N) is 1. The van der Waals surface area contributed by atoms with Crippen LogP contribution in [0.15, 0.2) is 0 Å². The summed E-state index contributed by atoms with van der Waals surface area (Å²) in [5.41, 5.74) is 0. The fourth-order valence-electron chi connectivity index (χ4n) is 2.47. The van der Waals surface area contributed by atoms with Crippen LogP contribution in [0.3, 0.4) is 0 Å². The zero-order valence-electron chi connectivity index (χ0n) is 10.7. The third-order valence-corrected chi connectivity index (χ3v) is 3.65. The molecule has 1 aliphatic carbocycles. The quantitative estimate of drug-likeness (QED) is 0.653. The molecule has 1 aliphatic rings. The van der Waals surface area contributed by atoms with E-state index in [1.807, 2.05) is 0 Å². The summed E-state index contributed by atoms with van der Waals surface area (Å²) in [4.78, 5) is 11.5. The number of rotatable bonds is 6. The zero-order valence-corrected chi connectivity index (χ0v) is 10.7. The van der Waals surface area contributed by atoms with Gasteiger partial charge in [-0.15, -0.1) is 0 Å². The maximum atomic E-state index is 11.5. The third-order valence-electron chi connectivity index (χ3n) is 3.65. The van der Waals surface area contributed by atoms with Crippen molar-refractivity contribution in [2.45, 2.75) is 51.6 Å². The molecule has 100 valence electrons. The average Bonchev–Trinajstić information content (AvgIpc) is 2.34. The number of hydrogen-bond acceptors (Lipinski definition) is 3. The molecule has 0 aromatic carbocycles. The Hall–Kier alpha value is -0.610. The van der Waals surface area contributed by atoms with Gasteiger partial charge >= 0.3 is 0 Å². The summed E-state index contributed by atoms with van der Waals surface area (Å²) < 4.78 is 0. The standard InChI is InChI=1S/C13H25NO3/c1-10(16)6-7-13(17)14-8-11-4-2-3-5-12(11)9-15/h10-12,15-16H,2-9H2,1H3,(H,14,17). The summed E-state index contributed by atoms with van der Waals surface area (Å²) in [6, 6.07) is 0. The largest absolute Gasteiger partial charge is 0.396 e. The summed E-state index contributed by atoms with van der Waals surface area (Å²) in [5.74, 6) is 0.776. The number of hydrogen-bond donors (Lipinski definition) is 3. The minimum absolute atomic E-state index is 0.00756. The van der Waals surface area contributed by atoms with Gasteiger partial charge in [-0.2, -0.15) is 0 Å². The molecular weight excluding hydrogens is 218 g/mol. The molecule has 0 aliphatic heterocycles. The Kier molecular flexibility index (Phi) is 6.52. The molecule has 1 rings (SSSR count). The fourth-order valence-corrected chi connectivity index (χ4v) is 2.47. The van der Waals surface area contributed by atoms with Crippen LogP contribution in [-0.2, 0) is 4.79 Å². The molecule has 1 saturated carbocycles. The molecular formula is C13H25NO3. The highest BCUT2D eigenvalue weighted by Gasteiger charge is 2.24. The van der Waals surface area contributed by atoms with Crippen LogP contribution in [0.4, 0.5) is 0 Å². The minimum atomic E-state index is -0.416. The van der Waals surface area contributed by atoms with E-state index in [0.717, 1.165) is 12.8 Å². The molecule has 0 heterocycles. The van der Waals surface area contributed by atoms with Gasteiger partial charge in [0.1, 0.15) is 0 Å². The van der Waals surface area contributed by atoms with Crippen molar-refractivity contribution in [1.29, 1.82) is 0 Å². The number of aliphatic hydroxyl groups excluding tert-OH is 2. The molecule has 0 aromatic heterocycles. The highest BCUT2D eigenvalue weighted by molar-refractivity contribution is 5.75. The molecule has 3 N–H and O–H groups in total. The van der Waals surface area contributed by atoms with Crippen molar-refractivity contribution in [2.75, 3.05) is 13.2 Å². The highest BCUT2D eigenvalue weighted by atomic mass is 16.3. The van der Waals surface area contributed by atoms with Crippen molar-refractivity contribution >= 4 is 5.91 Å². The van der Waals surface area contributed by atoms with Crippen LogP contribution < -0.4 is 5.32 Å². The van der Waals surface area contributed by atoms with Crippen LogP contribution in [0.5, 0.6) is 0 Å². The van der Waals surface area contributed by atoms with Crippen molar-refractivity contribution in [3.63, 3.8) is 0 Å². The highest BCUT2D eigenvalue weighted by Crippen LogP contribution is 2.29. The van der Waals surface area contributed by atoms with Crippen LogP contribution in [0, 0.1) is 11.8 Å². The van der Waals surface area contributed by atoms with Gasteiger partial charge in [0.15, 0.2) is 0 Å². The summed E-state index contributed by atoms with van der Waals surface area (Å²) in [5, 5.41) is 21.3. The first-order valence-corrected chi connectivity index (χ1v) is 6.69. The number of aliphatic hydroxyl groups is 2. The SMILES string of the molecule is CC(O)CCC(=O)NCC1CCCCC1CO. The zero-order chi connectivity index (χ0) is 12.7. The predicted octanol–water partition coefficient (Wildman–Crippen LogP) is 1.06. The minimum Gasteiger partial charge on any atom is -0.396 e. The Balaban J connectivity index is 2.21. The Morgan fingerprint density at radius 2 is 2.00 bits per heavy atom. The van der Waals surface area contributed by atoms with E-state index in [2.05, 4.69) is 5.32 Å². The van der Waals surface area contributed by atoms with Crippen molar-refractivity contribution in [3.8, 4) is 0 Å². The van der Waals surface area contributed by atoms with Gasteiger partial charge < -0.3 is 15.5 Å². The van der Waals surface area contributed by atoms with Crippen LogP contribution in [0.2, 0.25) is 0 Å². The van der Waals surface area contributed by atoms with E-state index in [4.69, 9.17) is 5.11 Å².